The summed E-state index contributed by atoms with van der Waals surface area (Å²) in [6, 6.07) is 21.8. The van der Waals surface area contributed by atoms with E-state index >= 15 is 0 Å². The Balaban J connectivity index is 1.69. The number of rotatable bonds is 6. The zero-order valence-corrected chi connectivity index (χ0v) is 14.7. The van der Waals surface area contributed by atoms with Crippen LogP contribution in [0, 0.1) is 0 Å². The van der Waals surface area contributed by atoms with E-state index in [9.17, 15) is 4.79 Å². The number of ether oxygens (including phenoxy) is 1. The number of fused-ring (bicyclic) bond motifs is 1. The number of carbonyl (C=O) groups excluding carboxylic acids is 1. The van der Waals surface area contributed by atoms with Gasteiger partial charge in [0.15, 0.2) is 6.61 Å². The van der Waals surface area contributed by atoms with Crippen LogP contribution in [0.1, 0.15) is 31.7 Å². The van der Waals surface area contributed by atoms with Gasteiger partial charge in [0.2, 0.25) is 0 Å². The van der Waals surface area contributed by atoms with Crippen molar-refractivity contribution >= 4 is 22.4 Å². The Bertz CT molecular complexity index is 867. The first-order valence-electron chi connectivity index (χ1n) is 8.68. The van der Waals surface area contributed by atoms with Crippen LogP contribution in [-0.4, -0.2) is 12.5 Å². The standard InChI is InChI=1S/C22H23NO2/c1-3-16(2)18-11-6-7-13-20(18)23-22(24)15-25-21-14-8-10-17-9-4-5-12-19(17)21/h4-14,16H,3,15H2,1-2H3,(H,23,24)/t16-/m0/s1. The molecule has 25 heavy (non-hydrogen) atoms. The molecular weight excluding hydrogens is 310 g/mol. The lowest BCUT2D eigenvalue weighted by atomic mass is 9.97. The molecule has 0 unspecified atom stereocenters. The first-order valence-corrected chi connectivity index (χ1v) is 8.68. The van der Waals surface area contributed by atoms with Crippen molar-refractivity contribution in [2.24, 2.45) is 0 Å². The van der Waals surface area contributed by atoms with Crippen LogP contribution in [0.2, 0.25) is 0 Å². The lowest BCUT2D eigenvalue weighted by Crippen LogP contribution is -2.21. The smallest absolute Gasteiger partial charge is 0.262 e. The highest BCUT2D eigenvalue weighted by atomic mass is 16.5. The number of hydrogen-bond donors (Lipinski definition) is 1. The summed E-state index contributed by atoms with van der Waals surface area (Å²) in [6.45, 7) is 4.30. The molecule has 1 atom stereocenters. The Labute approximate surface area is 148 Å². The van der Waals surface area contributed by atoms with Gasteiger partial charge >= 0.3 is 0 Å². The number of para-hydroxylation sites is 1. The predicted molar refractivity (Wildman–Crippen MR) is 103 cm³/mol. The van der Waals surface area contributed by atoms with Gasteiger partial charge in [0, 0.05) is 11.1 Å². The molecule has 3 aromatic carbocycles. The minimum absolute atomic E-state index is 0.0111. The van der Waals surface area contributed by atoms with E-state index in [1.54, 1.807) is 0 Å². The van der Waals surface area contributed by atoms with Crippen LogP contribution in [0.3, 0.4) is 0 Å². The van der Waals surface area contributed by atoms with E-state index in [4.69, 9.17) is 4.74 Å². The molecule has 3 nitrogen and oxygen atoms in total. The Morgan fingerprint density at radius 3 is 2.56 bits per heavy atom. The molecule has 1 amide bonds. The van der Waals surface area contributed by atoms with Gasteiger partial charge in [0.05, 0.1) is 0 Å². The highest BCUT2D eigenvalue weighted by molar-refractivity contribution is 5.93. The van der Waals surface area contributed by atoms with E-state index in [-0.39, 0.29) is 12.5 Å². The molecular formula is C22H23NO2. The molecule has 0 saturated carbocycles. The third kappa shape index (κ3) is 4.00. The van der Waals surface area contributed by atoms with Crippen molar-refractivity contribution in [3.05, 3.63) is 72.3 Å². The van der Waals surface area contributed by atoms with Gasteiger partial charge in [-0.2, -0.15) is 0 Å². The summed E-state index contributed by atoms with van der Waals surface area (Å²) < 4.78 is 5.77. The molecule has 0 aliphatic carbocycles. The minimum Gasteiger partial charge on any atom is -0.483 e. The van der Waals surface area contributed by atoms with Crippen molar-refractivity contribution in [1.29, 1.82) is 0 Å². The molecule has 1 N–H and O–H groups in total. The molecule has 0 aliphatic heterocycles. The lowest BCUT2D eigenvalue weighted by molar-refractivity contribution is -0.118. The molecule has 3 rings (SSSR count). The number of benzene rings is 3. The lowest BCUT2D eigenvalue weighted by Gasteiger charge is -2.16. The van der Waals surface area contributed by atoms with E-state index in [0.29, 0.717) is 5.92 Å². The average molecular weight is 333 g/mol. The third-order valence-corrected chi connectivity index (χ3v) is 4.49. The van der Waals surface area contributed by atoms with E-state index in [2.05, 4.69) is 25.2 Å². The molecule has 0 radical (unpaired) electrons. The molecule has 0 bridgehead atoms. The van der Waals surface area contributed by atoms with Crippen molar-refractivity contribution in [3.8, 4) is 5.75 Å². The predicted octanol–water partition coefficient (Wildman–Crippen LogP) is 5.37. The summed E-state index contributed by atoms with van der Waals surface area (Å²) in [6.07, 6.45) is 1.03. The number of amides is 1. The number of anilines is 1. The molecule has 128 valence electrons. The Hall–Kier alpha value is -2.81. The second kappa shape index (κ2) is 7.84. The SMILES string of the molecule is CC[C@H](C)c1ccccc1NC(=O)COc1cccc2ccccc12. The molecule has 0 aliphatic rings. The highest BCUT2D eigenvalue weighted by Crippen LogP contribution is 2.27. The summed E-state index contributed by atoms with van der Waals surface area (Å²) >= 11 is 0. The van der Waals surface area contributed by atoms with Crippen molar-refractivity contribution in [2.45, 2.75) is 26.2 Å². The van der Waals surface area contributed by atoms with Gasteiger partial charge < -0.3 is 10.1 Å². The zero-order chi connectivity index (χ0) is 17.6. The van der Waals surface area contributed by atoms with Crippen molar-refractivity contribution in [1.82, 2.24) is 0 Å². The molecule has 0 saturated heterocycles. The number of hydrogen-bond acceptors (Lipinski definition) is 2. The Morgan fingerprint density at radius 1 is 1.00 bits per heavy atom. The first-order chi connectivity index (χ1) is 12.2. The fraction of sp³-hybridized carbons (Fsp3) is 0.227. The Morgan fingerprint density at radius 2 is 1.72 bits per heavy atom. The molecule has 0 spiro atoms. The summed E-state index contributed by atoms with van der Waals surface area (Å²) in [5.41, 5.74) is 2.02. The summed E-state index contributed by atoms with van der Waals surface area (Å²) in [4.78, 5) is 12.3. The molecule has 0 aromatic heterocycles. The van der Waals surface area contributed by atoms with Crippen molar-refractivity contribution < 1.29 is 9.53 Å². The van der Waals surface area contributed by atoms with Crippen LogP contribution in [0.25, 0.3) is 10.8 Å². The van der Waals surface area contributed by atoms with Crippen LogP contribution in [0.15, 0.2) is 66.7 Å². The normalized spacial score (nSPS) is 11.9. The second-order valence-corrected chi connectivity index (χ2v) is 6.21. The van der Waals surface area contributed by atoms with Crippen LogP contribution in [0.5, 0.6) is 5.75 Å². The van der Waals surface area contributed by atoms with Gasteiger partial charge in [0.25, 0.3) is 5.91 Å². The summed E-state index contributed by atoms with van der Waals surface area (Å²) in [5, 5.41) is 5.09. The van der Waals surface area contributed by atoms with Gasteiger partial charge in [-0.15, -0.1) is 0 Å². The monoisotopic (exact) mass is 333 g/mol. The quantitative estimate of drug-likeness (QED) is 0.658. The van der Waals surface area contributed by atoms with Crippen LogP contribution >= 0.6 is 0 Å². The van der Waals surface area contributed by atoms with Gasteiger partial charge in [-0.3, -0.25) is 4.79 Å². The van der Waals surface area contributed by atoms with Crippen LogP contribution < -0.4 is 10.1 Å². The fourth-order valence-corrected chi connectivity index (χ4v) is 2.91. The Kier molecular flexibility index (Phi) is 5.34. The van der Waals surface area contributed by atoms with E-state index in [0.717, 1.165) is 34.2 Å². The molecule has 0 heterocycles. The molecule has 3 aromatic rings. The maximum absolute atomic E-state index is 12.3. The second-order valence-electron chi connectivity index (χ2n) is 6.21. The molecule has 0 fully saturated rings. The summed E-state index contributed by atoms with van der Waals surface area (Å²) in [5.74, 6) is 0.975. The van der Waals surface area contributed by atoms with Crippen molar-refractivity contribution in [2.75, 3.05) is 11.9 Å². The van der Waals surface area contributed by atoms with Gasteiger partial charge in [0.1, 0.15) is 5.75 Å². The third-order valence-electron chi connectivity index (χ3n) is 4.49. The van der Waals surface area contributed by atoms with Gasteiger partial charge in [-0.05, 0) is 35.4 Å². The van der Waals surface area contributed by atoms with E-state index in [1.807, 2.05) is 60.7 Å². The number of carbonyl (C=O) groups is 1. The zero-order valence-electron chi connectivity index (χ0n) is 14.7. The van der Waals surface area contributed by atoms with E-state index < -0.39 is 0 Å². The van der Waals surface area contributed by atoms with E-state index in [1.165, 1.54) is 0 Å². The maximum atomic E-state index is 12.3. The number of nitrogens with one attached hydrogen (secondary N) is 1. The first kappa shape index (κ1) is 17.0. The van der Waals surface area contributed by atoms with Crippen molar-refractivity contribution in [3.63, 3.8) is 0 Å². The summed E-state index contributed by atoms with van der Waals surface area (Å²) in [7, 11) is 0. The van der Waals surface area contributed by atoms with Gasteiger partial charge in [-0.25, -0.2) is 0 Å². The van der Waals surface area contributed by atoms with Crippen LogP contribution in [-0.2, 0) is 4.79 Å². The maximum Gasteiger partial charge on any atom is 0.262 e. The topological polar surface area (TPSA) is 38.3 Å². The fourth-order valence-electron chi connectivity index (χ4n) is 2.91. The van der Waals surface area contributed by atoms with Crippen LogP contribution in [0.4, 0.5) is 5.69 Å². The van der Waals surface area contributed by atoms with Gasteiger partial charge in [-0.1, -0.05) is 68.4 Å². The highest BCUT2D eigenvalue weighted by Gasteiger charge is 2.12. The minimum atomic E-state index is -0.149. The largest absolute Gasteiger partial charge is 0.483 e. The average Bonchev–Trinajstić information content (AvgIpc) is 2.66. The molecule has 3 heteroatoms.